The summed E-state index contributed by atoms with van der Waals surface area (Å²) in [5, 5.41) is 4.21. The number of nitrogens with two attached hydrogens (primary N) is 1. The molecule has 2 rings (SSSR count). The zero-order valence-electron chi connectivity index (χ0n) is 10.5. The van der Waals surface area contributed by atoms with Crippen LogP contribution in [0.3, 0.4) is 0 Å². The fourth-order valence-electron chi connectivity index (χ4n) is 2.34. The second-order valence-corrected chi connectivity index (χ2v) is 4.77. The lowest BCUT2D eigenvalue weighted by molar-refractivity contribution is 0.0682. The quantitative estimate of drug-likeness (QED) is 0.815. The number of rotatable bonds is 2. The number of amides is 1. The van der Waals surface area contributed by atoms with Crippen LogP contribution in [0.1, 0.15) is 29.0 Å². The van der Waals surface area contributed by atoms with Crippen molar-refractivity contribution in [2.45, 2.75) is 19.8 Å². The number of piperidine rings is 1. The van der Waals surface area contributed by atoms with E-state index in [-0.39, 0.29) is 5.91 Å². The second kappa shape index (κ2) is 4.87. The highest BCUT2D eigenvalue weighted by molar-refractivity contribution is 5.92. The molecule has 0 spiro atoms. The van der Waals surface area contributed by atoms with Crippen molar-refractivity contribution in [3.05, 3.63) is 17.5 Å². The van der Waals surface area contributed by atoms with Gasteiger partial charge < -0.3 is 10.6 Å². The molecule has 1 aromatic heterocycles. The monoisotopic (exact) mass is 236 g/mol. The lowest BCUT2D eigenvalue weighted by atomic mass is 9.97. The van der Waals surface area contributed by atoms with E-state index in [1.165, 1.54) is 0 Å². The molecule has 1 amide bonds. The Hall–Kier alpha value is -1.36. The maximum Gasteiger partial charge on any atom is 0.272 e. The molecule has 0 atom stereocenters. The van der Waals surface area contributed by atoms with Gasteiger partial charge in [0, 0.05) is 20.1 Å². The number of hydrogen-bond donors (Lipinski definition) is 1. The number of likely N-dealkylation sites (tertiary alicyclic amines) is 1. The maximum atomic E-state index is 12.3. The third-order valence-corrected chi connectivity index (χ3v) is 3.46. The van der Waals surface area contributed by atoms with E-state index in [9.17, 15) is 4.79 Å². The average molecular weight is 236 g/mol. The van der Waals surface area contributed by atoms with Crippen LogP contribution < -0.4 is 5.73 Å². The SMILES string of the molecule is Cc1cc(C(=O)N2CCC(CN)CC2)n(C)n1. The minimum absolute atomic E-state index is 0.0866. The Bertz CT molecular complexity index is 405. The van der Waals surface area contributed by atoms with Gasteiger partial charge in [-0.1, -0.05) is 0 Å². The van der Waals surface area contributed by atoms with Crippen molar-refractivity contribution in [2.75, 3.05) is 19.6 Å². The Labute approximate surface area is 102 Å². The van der Waals surface area contributed by atoms with Gasteiger partial charge in [-0.2, -0.15) is 5.10 Å². The Morgan fingerprint density at radius 2 is 2.18 bits per heavy atom. The van der Waals surface area contributed by atoms with Crippen molar-refractivity contribution in [3.63, 3.8) is 0 Å². The summed E-state index contributed by atoms with van der Waals surface area (Å²) in [6.07, 6.45) is 2.03. The number of nitrogens with zero attached hydrogens (tertiary/aromatic N) is 3. The molecule has 1 aliphatic heterocycles. The van der Waals surface area contributed by atoms with E-state index < -0.39 is 0 Å². The molecule has 94 valence electrons. The first-order valence-electron chi connectivity index (χ1n) is 6.11. The van der Waals surface area contributed by atoms with Gasteiger partial charge in [0.2, 0.25) is 0 Å². The van der Waals surface area contributed by atoms with Crippen molar-refractivity contribution < 1.29 is 4.79 Å². The molecule has 0 aromatic carbocycles. The third-order valence-electron chi connectivity index (χ3n) is 3.46. The number of carbonyl (C=O) groups is 1. The predicted molar refractivity (Wildman–Crippen MR) is 65.6 cm³/mol. The standard InChI is InChI=1S/C12H20N4O/c1-9-7-11(15(2)14-9)12(17)16-5-3-10(8-13)4-6-16/h7,10H,3-6,8,13H2,1-2H3. The van der Waals surface area contributed by atoms with Crippen molar-refractivity contribution in [1.29, 1.82) is 0 Å². The highest BCUT2D eigenvalue weighted by Gasteiger charge is 2.24. The topological polar surface area (TPSA) is 64.2 Å². The molecule has 2 N–H and O–H groups in total. The summed E-state index contributed by atoms with van der Waals surface area (Å²) in [6, 6.07) is 1.84. The molecule has 0 unspecified atom stereocenters. The van der Waals surface area contributed by atoms with Gasteiger partial charge in [-0.05, 0) is 38.3 Å². The minimum Gasteiger partial charge on any atom is -0.337 e. The molecule has 17 heavy (non-hydrogen) atoms. The normalized spacial score (nSPS) is 17.5. The van der Waals surface area contributed by atoms with Gasteiger partial charge in [0.25, 0.3) is 5.91 Å². The summed E-state index contributed by atoms with van der Waals surface area (Å²) >= 11 is 0. The molecular formula is C12H20N4O. The van der Waals surface area contributed by atoms with E-state index in [4.69, 9.17) is 5.73 Å². The molecule has 0 saturated carbocycles. The van der Waals surface area contributed by atoms with E-state index in [0.29, 0.717) is 11.6 Å². The summed E-state index contributed by atoms with van der Waals surface area (Å²) in [7, 11) is 1.81. The largest absolute Gasteiger partial charge is 0.337 e. The average Bonchev–Trinajstić information content (AvgIpc) is 2.68. The molecule has 1 fully saturated rings. The Morgan fingerprint density at radius 3 is 2.65 bits per heavy atom. The van der Waals surface area contributed by atoms with E-state index in [1.807, 2.05) is 24.9 Å². The Balaban J connectivity index is 2.04. The van der Waals surface area contributed by atoms with Crippen LogP contribution in [-0.4, -0.2) is 40.2 Å². The van der Waals surface area contributed by atoms with Crippen molar-refractivity contribution in [1.82, 2.24) is 14.7 Å². The van der Waals surface area contributed by atoms with E-state index in [1.54, 1.807) is 4.68 Å². The van der Waals surface area contributed by atoms with Crippen LogP contribution in [0.5, 0.6) is 0 Å². The summed E-state index contributed by atoms with van der Waals surface area (Å²) in [4.78, 5) is 14.2. The first kappa shape index (κ1) is 12.1. The lowest BCUT2D eigenvalue weighted by Gasteiger charge is -2.31. The van der Waals surface area contributed by atoms with Gasteiger partial charge in [-0.15, -0.1) is 0 Å². The molecule has 0 radical (unpaired) electrons. The number of aryl methyl sites for hydroxylation is 2. The first-order chi connectivity index (χ1) is 8.11. The van der Waals surface area contributed by atoms with Gasteiger partial charge in [-0.3, -0.25) is 9.48 Å². The molecule has 5 heteroatoms. The van der Waals surface area contributed by atoms with Crippen LogP contribution in [0.2, 0.25) is 0 Å². The Morgan fingerprint density at radius 1 is 1.53 bits per heavy atom. The molecule has 2 heterocycles. The smallest absolute Gasteiger partial charge is 0.272 e. The first-order valence-corrected chi connectivity index (χ1v) is 6.11. The van der Waals surface area contributed by atoms with E-state index in [2.05, 4.69) is 5.10 Å². The van der Waals surface area contributed by atoms with E-state index in [0.717, 1.165) is 38.2 Å². The zero-order valence-corrected chi connectivity index (χ0v) is 10.5. The molecule has 5 nitrogen and oxygen atoms in total. The number of hydrogen-bond acceptors (Lipinski definition) is 3. The van der Waals surface area contributed by atoms with Crippen LogP contribution in [0.15, 0.2) is 6.07 Å². The second-order valence-electron chi connectivity index (χ2n) is 4.77. The van der Waals surface area contributed by atoms with Gasteiger partial charge in [0.1, 0.15) is 5.69 Å². The summed E-state index contributed by atoms with van der Waals surface area (Å²) in [6.45, 7) is 4.25. The maximum absolute atomic E-state index is 12.3. The lowest BCUT2D eigenvalue weighted by Crippen LogP contribution is -2.40. The summed E-state index contributed by atoms with van der Waals surface area (Å²) in [5.41, 5.74) is 7.20. The van der Waals surface area contributed by atoms with Gasteiger partial charge in [-0.25, -0.2) is 0 Å². The summed E-state index contributed by atoms with van der Waals surface area (Å²) in [5.74, 6) is 0.663. The molecule has 1 aliphatic rings. The van der Waals surface area contributed by atoms with Crippen LogP contribution in [0.25, 0.3) is 0 Å². The number of aromatic nitrogens is 2. The molecule has 1 aromatic rings. The van der Waals surface area contributed by atoms with E-state index >= 15 is 0 Å². The molecule has 1 saturated heterocycles. The van der Waals surface area contributed by atoms with Crippen LogP contribution >= 0.6 is 0 Å². The third kappa shape index (κ3) is 2.49. The molecule has 0 aliphatic carbocycles. The van der Waals surface area contributed by atoms with Gasteiger partial charge in [0.05, 0.1) is 5.69 Å². The molecular weight excluding hydrogens is 216 g/mol. The Kier molecular flexibility index (Phi) is 3.47. The van der Waals surface area contributed by atoms with Gasteiger partial charge in [0.15, 0.2) is 0 Å². The van der Waals surface area contributed by atoms with Gasteiger partial charge >= 0.3 is 0 Å². The summed E-state index contributed by atoms with van der Waals surface area (Å²) < 4.78 is 1.66. The zero-order chi connectivity index (χ0) is 12.4. The van der Waals surface area contributed by atoms with Crippen molar-refractivity contribution >= 4 is 5.91 Å². The van der Waals surface area contributed by atoms with Crippen molar-refractivity contribution in [2.24, 2.45) is 18.7 Å². The van der Waals surface area contributed by atoms with Crippen molar-refractivity contribution in [3.8, 4) is 0 Å². The van der Waals surface area contributed by atoms with Crippen LogP contribution in [0.4, 0.5) is 0 Å². The van der Waals surface area contributed by atoms with Crippen LogP contribution in [0, 0.1) is 12.8 Å². The van der Waals surface area contributed by atoms with Crippen LogP contribution in [-0.2, 0) is 7.05 Å². The highest BCUT2D eigenvalue weighted by Crippen LogP contribution is 2.18. The minimum atomic E-state index is 0.0866. The highest BCUT2D eigenvalue weighted by atomic mass is 16.2. The fraction of sp³-hybridized carbons (Fsp3) is 0.667. The molecule has 0 bridgehead atoms. The predicted octanol–water partition coefficient (Wildman–Crippen LogP) is 0.539. The fourth-order valence-corrected chi connectivity index (χ4v) is 2.34. The number of carbonyl (C=O) groups excluding carboxylic acids is 1.